The van der Waals surface area contributed by atoms with Crippen molar-refractivity contribution < 1.29 is 14.0 Å². The first-order valence-corrected chi connectivity index (χ1v) is 11.8. The van der Waals surface area contributed by atoms with Crippen molar-refractivity contribution in [2.45, 2.75) is 46.0 Å². The summed E-state index contributed by atoms with van der Waals surface area (Å²) in [5.41, 5.74) is 3.57. The fourth-order valence-corrected chi connectivity index (χ4v) is 4.31. The molecule has 7 nitrogen and oxygen atoms in total. The van der Waals surface area contributed by atoms with Gasteiger partial charge < -0.3 is 9.73 Å². The number of carbonyl (C=O) groups is 2. The van der Waals surface area contributed by atoms with E-state index >= 15 is 0 Å². The number of anilines is 2. The number of urea groups is 1. The van der Waals surface area contributed by atoms with Crippen molar-refractivity contribution in [3.8, 4) is 0 Å². The molecule has 33 heavy (non-hydrogen) atoms. The molecule has 2 aromatic heterocycles. The largest absolute Gasteiger partial charge is 0.440 e. The van der Waals surface area contributed by atoms with Crippen LogP contribution in [0.3, 0.4) is 0 Å². The van der Waals surface area contributed by atoms with Crippen molar-refractivity contribution in [3.05, 3.63) is 70.6 Å². The molecule has 0 aliphatic heterocycles. The van der Waals surface area contributed by atoms with Gasteiger partial charge in [-0.1, -0.05) is 43.5 Å². The van der Waals surface area contributed by atoms with Crippen LogP contribution in [-0.4, -0.2) is 21.8 Å². The van der Waals surface area contributed by atoms with E-state index < -0.39 is 6.03 Å². The van der Waals surface area contributed by atoms with E-state index in [2.05, 4.69) is 27.5 Å². The molecule has 170 valence electrons. The van der Waals surface area contributed by atoms with Crippen LogP contribution in [0.2, 0.25) is 0 Å². The van der Waals surface area contributed by atoms with E-state index in [1.54, 1.807) is 12.3 Å². The third-order valence-corrected chi connectivity index (χ3v) is 6.08. The Morgan fingerprint density at radius 3 is 2.76 bits per heavy atom. The fourth-order valence-electron chi connectivity index (χ4n) is 3.51. The number of hydrogen-bond acceptors (Lipinski definition) is 6. The molecule has 0 radical (unpaired) electrons. The molecule has 0 saturated heterocycles. The third kappa shape index (κ3) is 5.84. The summed E-state index contributed by atoms with van der Waals surface area (Å²) in [6.45, 7) is 4.03. The number of aromatic nitrogens is 2. The minimum atomic E-state index is -0.441. The minimum Gasteiger partial charge on any atom is -0.440 e. The predicted octanol–water partition coefficient (Wildman–Crippen LogP) is 6.59. The number of ketones is 1. The molecule has 0 fully saturated rings. The molecule has 0 atom stereocenters. The molecule has 0 bridgehead atoms. The van der Waals surface area contributed by atoms with Crippen LogP contribution >= 0.6 is 11.3 Å². The number of oxazole rings is 1. The number of carbonyl (C=O) groups excluding carboxylic acids is 2. The third-order valence-electron chi connectivity index (χ3n) is 5.17. The Kier molecular flexibility index (Phi) is 7.14. The Balaban J connectivity index is 1.39. The summed E-state index contributed by atoms with van der Waals surface area (Å²) in [4.78, 5) is 34.9. The van der Waals surface area contributed by atoms with Crippen molar-refractivity contribution in [1.82, 2.24) is 9.97 Å². The standard InChI is InChI=1S/C25H26N4O3S/c1-3-4-5-9-21(30)18-13-16(2)11-12-19(18)28-24(31)29-25-26-15-17(33-25)14-23-27-20-8-6-7-10-22(20)32-23/h6-8,10-13,15H,3-5,9,14H2,1-2H3,(H2,26,28,29,31). The summed E-state index contributed by atoms with van der Waals surface area (Å²) in [5.74, 6) is 0.638. The maximum absolute atomic E-state index is 12.7. The average molecular weight is 463 g/mol. The molecule has 0 unspecified atom stereocenters. The van der Waals surface area contributed by atoms with E-state index in [9.17, 15) is 9.59 Å². The first-order chi connectivity index (χ1) is 16.0. The molecule has 2 amide bonds. The van der Waals surface area contributed by atoms with Gasteiger partial charge in [-0.25, -0.2) is 14.8 Å². The van der Waals surface area contributed by atoms with Crippen molar-refractivity contribution in [2.75, 3.05) is 10.6 Å². The van der Waals surface area contributed by atoms with Gasteiger partial charge in [0.1, 0.15) is 5.52 Å². The number of benzene rings is 2. The summed E-state index contributed by atoms with van der Waals surface area (Å²) >= 11 is 1.35. The van der Waals surface area contributed by atoms with Gasteiger partial charge in [0, 0.05) is 23.1 Å². The number of fused-ring (bicyclic) bond motifs is 1. The highest BCUT2D eigenvalue weighted by Gasteiger charge is 2.15. The number of Topliss-reactive ketones (excluding diaryl/α,β-unsaturated/α-hetero) is 1. The van der Waals surface area contributed by atoms with Crippen LogP contribution in [0.4, 0.5) is 15.6 Å². The average Bonchev–Trinajstić information content (AvgIpc) is 3.41. The lowest BCUT2D eigenvalue weighted by molar-refractivity contribution is 0.0980. The Morgan fingerprint density at radius 2 is 1.94 bits per heavy atom. The van der Waals surface area contributed by atoms with E-state index in [0.717, 1.165) is 40.8 Å². The van der Waals surface area contributed by atoms with Crippen molar-refractivity contribution in [3.63, 3.8) is 0 Å². The van der Waals surface area contributed by atoms with E-state index in [1.807, 2.05) is 43.3 Å². The predicted molar refractivity (Wildman–Crippen MR) is 131 cm³/mol. The first-order valence-electron chi connectivity index (χ1n) is 11.0. The number of amides is 2. The van der Waals surface area contributed by atoms with Gasteiger partial charge in [-0.05, 0) is 37.6 Å². The Labute approximate surface area is 196 Å². The highest BCUT2D eigenvalue weighted by Crippen LogP contribution is 2.24. The molecule has 8 heteroatoms. The van der Waals surface area contributed by atoms with Gasteiger partial charge in [0.2, 0.25) is 5.89 Å². The van der Waals surface area contributed by atoms with E-state index in [1.165, 1.54) is 11.3 Å². The van der Waals surface area contributed by atoms with Crippen LogP contribution in [-0.2, 0) is 6.42 Å². The first kappa shape index (κ1) is 22.7. The number of aryl methyl sites for hydroxylation is 1. The lowest BCUT2D eigenvalue weighted by Crippen LogP contribution is -2.21. The van der Waals surface area contributed by atoms with Crippen LogP contribution in [0.1, 0.15) is 59.3 Å². The molecular formula is C25H26N4O3S. The van der Waals surface area contributed by atoms with Gasteiger partial charge in [-0.3, -0.25) is 10.1 Å². The molecule has 0 aliphatic rings. The molecule has 4 aromatic rings. The zero-order chi connectivity index (χ0) is 23.2. The second-order valence-electron chi connectivity index (χ2n) is 7.89. The normalized spacial score (nSPS) is 11.0. The highest BCUT2D eigenvalue weighted by atomic mass is 32.1. The molecular weight excluding hydrogens is 436 g/mol. The Morgan fingerprint density at radius 1 is 1.09 bits per heavy atom. The second kappa shape index (κ2) is 10.4. The molecule has 4 rings (SSSR count). The zero-order valence-corrected chi connectivity index (χ0v) is 19.5. The smallest absolute Gasteiger partial charge is 0.325 e. The van der Waals surface area contributed by atoms with Crippen LogP contribution in [0, 0.1) is 6.92 Å². The summed E-state index contributed by atoms with van der Waals surface area (Å²) in [6.07, 6.45) is 5.57. The number of nitrogens with zero attached hydrogens (tertiary/aromatic N) is 2. The minimum absolute atomic E-state index is 0.0392. The monoisotopic (exact) mass is 462 g/mol. The van der Waals surface area contributed by atoms with Crippen LogP contribution in [0.15, 0.2) is 53.1 Å². The van der Waals surface area contributed by atoms with Crippen molar-refractivity contribution >= 4 is 45.1 Å². The number of unbranched alkanes of at least 4 members (excludes halogenated alkanes) is 2. The quantitative estimate of drug-likeness (QED) is 0.216. The van der Waals surface area contributed by atoms with Gasteiger partial charge >= 0.3 is 6.03 Å². The molecule has 0 aliphatic carbocycles. The van der Waals surface area contributed by atoms with Gasteiger partial charge in [-0.2, -0.15) is 0 Å². The Hall–Kier alpha value is -3.52. The Bertz CT molecular complexity index is 1240. The van der Waals surface area contributed by atoms with Crippen LogP contribution < -0.4 is 10.6 Å². The van der Waals surface area contributed by atoms with E-state index in [4.69, 9.17) is 4.42 Å². The van der Waals surface area contributed by atoms with Gasteiger partial charge in [0.25, 0.3) is 0 Å². The molecule has 2 aromatic carbocycles. The summed E-state index contributed by atoms with van der Waals surface area (Å²) in [6, 6.07) is 12.6. The summed E-state index contributed by atoms with van der Waals surface area (Å²) in [5, 5.41) is 6.01. The van der Waals surface area contributed by atoms with Crippen molar-refractivity contribution in [1.29, 1.82) is 0 Å². The topological polar surface area (TPSA) is 97.1 Å². The number of thiazole rings is 1. The number of hydrogen-bond donors (Lipinski definition) is 2. The maximum atomic E-state index is 12.7. The number of nitrogens with one attached hydrogen (secondary N) is 2. The SMILES string of the molecule is CCCCCC(=O)c1cc(C)ccc1NC(=O)Nc1ncc(Cc2nc3ccccc3o2)s1. The van der Waals surface area contributed by atoms with E-state index in [0.29, 0.717) is 35.1 Å². The lowest BCUT2D eigenvalue weighted by Gasteiger charge is -2.11. The summed E-state index contributed by atoms with van der Waals surface area (Å²) < 4.78 is 5.76. The van der Waals surface area contributed by atoms with Crippen LogP contribution in [0.5, 0.6) is 0 Å². The number of rotatable bonds is 9. The molecule has 2 N–H and O–H groups in total. The lowest BCUT2D eigenvalue weighted by atomic mass is 10.0. The van der Waals surface area contributed by atoms with Gasteiger partial charge in [0.05, 0.1) is 12.1 Å². The van der Waals surface area contributed by atoms with Gasteiger partial charge in [-0.15, -0.1) is 11.3 Å². The fraction of sp³-hybridized carbons (Fsp3) is 0.280. The number of para-hydroxylation sites is 2. The molecule has 0 saturated carbocycles. The zero-order valence-electron chi connectivity index (χ0n) is 18.7. The second-order valence-corrected chi connectivity index (χ2v) is 9.01. The molecule has 0 spiro atoms. The van der Waals surface area contributed by atoms with Gasteiger partial charge in [0.15, 0.2) is 16.5 Å². The van der Waals surface area contributed by atoms with Crippen LogP contribution in [0.25, 0.3) is 11.1 Å². The van der Waals surface area contributed by atoms with Crippen molar-refractivity contribution in [2.24, 2.45) is 0 Å². The summed E-state index contributed by atoms with van der Waals surface area (Å²) in [7, 11) is 0. The maximum Gasteiger partial charge on any atom is 0.325 e. The highest BCUT2D eigenvalue weighted by molar-refractivity contribution is 7.15. The molecule has 2 heterocycles. The van der Waals surface area contributed by atoms with E-state index in [-0.39, 0.29) is 5.78 Å².